The Labute approximate surface area is 98.7 Å². The number of nitrogens with one attached hydrogen (secondary N) is 1. The lowest BCUT2D eigenvalue weighted by Crippen LogP contribution is -2.49. The molecule has 0 saturated heterocycles. The summed E-state index contributed by atoms with van der Waals surface area (Å²) in [5, 5.41) is 11.1. The van der Waals surface area contributed by atoms with E-state index >= 15 is 0 Å². The fourth-order valence-corrected chi connectivity index (χ4v) is 1.40. The van der Waals surface area contributed by atoms with E-state index in [9.17, 15) is 14.4 Å². The number of hydrogen-bond acceptors (Lipinski definition) is 4. The number of carboxylic acids is 1. The zero-order chi connectivity index (χ0) is 13.0. The molecule has 1 aliphatic carbocycles. The minimum Gasteiger partial charge on any atom is -0.480 e. The fraction of sp³-hybridized carbons (Fsp3) is 0.700. The molecule has 0 bridgehead atoms. The first-order chi connectivity index (χ1) is 7.95. The van der Waals surface area contributed by atoms with E-state index in [0.717, 1.165) is 12.8 Å². The highest BCUT2D eigenvalue weighted by Gasteiger charge is 2.34. The van der Waals surface area contributed by atoms with Crippen molar-refractivity contribution in [2.24, 2.45) is 0 Å². The molecule has 0 aromatic rings. The Morgan fingerprint density at radius 3 is 2.47 bits per heavy atom. The van der Waals surface area contributed by atoms with Crippen molar-refractivity contribution in [2.45, 2.75) is 31.8 Å². The molecule has 1 atom stereocenters. The smallest absolute Gasteiger partial charge is 0.328 e. The second kappa shape index (κ2) is 5.51. The Morgan fingerprint density at radius 1 is 1.47 bits per heavy atom. The van der Waals surface area contributed by atoms with Gasteiger partial charge in [0.2, 0.25) is 0 Å². The number of carboxylic acid groups (broad SMARTS) is 1. The Kier molecular flexibility index (Phi) is 4.30. The second-order valence-electron chi connectivity index (χ2n) is 3.95. The van der Waals surface area contributed by atoms with Crippen LogP contribution in [0.4, 0.5) is 4.79 Å². The molecule has 7 heteroatoms. The van der Waals surface area contributed by atoms with Crippen molar-refractivity contribution >= 4 is 18.0 Å². The van der Waals surface area contributed by atoms with Crippen LogP contribution < -0.4 is 5.32 Å². The van der Waals surface area contributed by atoms with Crippen molar-refractivity contribution in [3.63, 3.8) is 0 Å². The van der Waals surface area contributed by atoms with Gasteiger partial charge in [0.15, 0.2) is 0 Å². The van der Waals surface area contributed by atoms with Gasteiger partial charge in [-0.1, -0.05) is 0 Å². The molecule has 0 spiro atoms. The van der Waals surface area contributed by atoms with Gasteiger partial charge in [-0.2, -0.15) is 0 Å². The van der Waals surface area contributed by atoms with Gasteiger partial charge < -0.3 is 20.1 Å². The lowest BCUT2D eigenvalue weighted by molar-refractivity contribution is -0.142. The fourth-order valence-electron chi connectivity index (χ4n) is 1.40. The molecule has 1 rings (SSSR count). The molecule has 1 aliphatic rings. The summed E-state index contributed by atoms with van der Waals surface area (Å²) in [5.74, 6) is -1.64. The number of amides is 2. The monoisotopic (exact) mass is 244 g/mol. The van der Waals surface area contributed by atoms with E-state index < -0.39 is 24.0 Å². The minimum absolute atomic E-state index is 0.0315. The van der Waals surface area contributed by atoms with Crippen molar-refractivity contribution < 1.29 is 24.2 Å². The SMILES string of the molecule is COC(=O)C(C)NC(=O)N(CC(=O)O)C1CC1. The molecule has 0 aromatic heterocycles. The van der Waals surface area contributed by atoms with Crippen molar-refractivity contribution in [1.29, 1.82) is 0 Å². The summed E-state index contributed by atoms with van der Waals surface area (Å²) in [6.07, 6.45) is 1.60. The molecule has 2 N–H and O–H groups in total. The first-order valence-corrected chi connectivity index (χ1v) is 5.32. The lowest BCUT2D eigenvalue weighted by atomic mass is 10.3. The van der Waals surface area contributed by atoms with Crippen LogP contribution in [-0.4, -0.2) is 53.7 Å². The Bertz CT molecular complexity index is 327. The van der Waals surface area contributed by atoms with Gasteiger partial charge in [-0.05, 0) is 19.8 Å². The standard InChI is InChI=1S/C10H16N2O5/c1-6(9(15)17-2)11-10(16)12(5-8(13)14)7-3-4-7/h6-7H,3-5H2,1-2H3,(H,11,16)(H,13,14). The highest BCUT2D eigenvalue weighted by Crippen LogP contribution is 2.26. The summed E-state index contributed by atoms with van der Waals surface area (Å²) in [5.41, 5.74) is 0. The van der Waals surface area contributed by atoms with E-state index in [1.165, 1.54) is 18.9 Å². The normalized spacial score (nSPS) is 15.9. The Balaban J connectivity index is 2.53. The van der Waals surface area contributed by atoms with Gasteiger partial charge in [0, 0.05) is 6.04 Å². The predicted molar refractivity (Wildman–Crippen MR) is 57.4 cm³/mol. The molecule has 1 saturated carbocycles. The summed E-state index contributed by atoms with van der Waals surface area (Å²) < 4.78 is 4.46. The summed E-state index contributed by atoms with van der Waals surface area (Å²) in [4.78, 5) is 34.7. The molecule has 1 unspecified atom stereocenters. The van der Waals surface area contributed by atoms with Crippen molar-refractivity contribution in [1.82, 2.24) is 10.2 Å². The predicted octanol–water partition coefficient (Wildman–Crippen LogP) is -0.194. The number of carbonyl (C=O) groups excluding carboxylic acids is 2. The molecule has 0 aliphatic heterocycles. The number of rotatable bonds is 5. The maximum absolute atomic E-state index is 11.7. The third kappa shape index (κ3) is 3.93. The zero-order valence-electron chi connectivity index (χ0n) is 9.80. The van der Waals surface area contributed by atoms with Crippen LogP contribution in [0.1, 0.15) is 19.8 Å². The van der Waals surface area contributed by atoms with Crippen LogP contribution >= 0.6 is 0 Å². The van der Waals surface area contributed by atoms with E-state index in [2.05, 4.69) is 10.1 Å². The summed E-state index contributed by atoms with van der Waals surface area (Å²) in [7, 11) is 1.22. The van der Waals surface area contributed by atoms with Gasteiger partial charge in [0.1, 0.15) is 12.6 Å². The number of aliphatic carboxylic acids is 1. The molecule has 0 radical (unpaired) electrons. The number of urea groups is 1. The van der Waals surface area contributed by atoms with Gasteiger partial charge in [0.25, 0.3) is 0 Å². The van der Waals surface area contributed by atoms with E-state index in [0.29, 0.717) is 0 Å². The van der Waals surface area contributed by atoms with Gasteiger partial charge in [-0.15, -0.1) is 0 Å². The highest BCUT2D eigenvalue weighted by atomic mass is 16.5. The maximum atomic E-state index is 11.7. The van der Waals surface area contributed by atoms with Crippen molar-refractivity contribution in [2.75, 3.05) is 13.7 Å². The van der Waals surface area contributed by atoms with Gasteiger partial charge >= 0.3 is 18.0 Å². The number of hydrogen-bond donors (Lipinski definition) is 2. The molecular formula is C10H16N2O5. The number of esters is 1. The molecule has 0 aromatic carbocycles. The molecular weight excluding hydrogens is 228 g/mol. The van der Waals surface area contributed by atoms with E-state index in [4.69, 9.17) is 5.11 Å². The van der Waals surface area contributed by atoms with Gasteiger partial charge in [0.05, 0.1) is 7.11 Å². The van der Waals surface area contributed by atoms with Crippen LogP contribution in [-0.2, 0) is 14.3 Å². The highest BCUT2D eigenvalue weighted by molar-refractivity contribution is 5.85. The van der Waals surface area contributed by atoms with E-state index in [-0.39, 0.29) is 12.6 Å². The van der Waals surface area contributed by atoms with Crippen LogP contribution in [0.2, 0.25) is 0 Å². The molecule has 2 amide bonds. The van der Waals surface area contributed by atoms with Crippen LogP contribution in [0.5, 0.6) is 0 Å². The van der Waals surface area contributed by atoms with Crippen molar-refractivity contribution in [3.8, 4) is 0 Å². The van der Waals surface area contributed by atoms with Crippen molar-refractivity contribution in [3.05, 3.63) is 0 Å². The topological polar surface area (TPSA) is 95.9 Å². The number of nitrogens with zero attached hydrogens (tertiary/aromatic N) is 1. The minimum atomic E-state index is -1.07. The summed E-state index contributed by atoms with van der Waals surface area (Å²) in [6.45, 7) is 1.12. The first kappa shape index (κ1) is 13.3. The Morgan fingerprint density at radius 2 is 2.06 bits per heavy atom. The lowest BCUT2D eigenvalue weighted by Gasteiger charge is -2.22. The number of methoxy groups -OCH3 is 1. The van der Waals surface area contributed by atoms with Crippen LogP contribution in [0.25, 0.3) is 0 Å². The van der Waals surface area contributed by atoms with E-state index in [1.807, 2.05) is 0 Å². The molecule has 17 heavy (non-hydrogen) atoms. The molecule has 7 nitrogen and oxygen atoms in total. The average molecular weight is 244 g/mol. The summed E-state index contributed by atoms with van der Waals surface area (Å²) in [6, 6.07) is -1.37. The second-order valence-corrected chi connectivity index (χ2v) is 3.95. The maximum Gasteiger partial charge on any atom is 0.328 e. The average Bonchev–Trinajstić information content (AvgIpc) is 3.07. The quantitative estimate of drug-likeness (QED) is 0.653. The number of ether oxygens (including phenoxy) is 1. The zero-order valence-corrected chi connectivity index (χ0v) is 9.80. The molecule has 96 valence electrons. The van der Waals surface area contributed by atoms with E-state index in [1.54, 1.807) is 0 Å². The first-order valence-electron chi connectivity index (χ1n) is 5.32. The third-order valence-electron chi connectivity index (χ3n) is 2.45. The molecule has 1 fully saturated rings. The Hall–Kier alpha value is -1.79. The van der Waals surface area contributed by atoms with Crippen LogP contribution in [0, 0.1) is 0 Å². The van der Waals surface area contributed by atoms with Crippen LogP contribution in [0.3, 0.4) is 0 Å². The van der Waals surface area contributed by atoms with Gasteiger partial charge in [-0.3, -0.25) is 4.79 Å². The molecule has 0 heterocycles. The third-order valence-corrected chi connectivity index (χ3v) is 2.45. The van der Waals surface area contributed by atoms with Crippen LogP contribution in [0.15, 0.2) is 0 Å². The largest absolute Gasteiger partial charge is 0.480 e. The number of carbonyl (C=O) groups is 3. The summed E-state index contributed by atoms with van der Waals surface area (Å²) >= 11 is 0. The van der Waals surface area contributed by atoms with Gasteiger partial charge in [-0.25, -0.2) is 9.59 Å².